The summed E-state index contributed by atoms with van der Waals surface area (Å²) >= 11 is 4.77. The fraction of sp³-hybridized carbons (Fsp3) is 0.273. The highest BCUT2D eigenvalue weighted by Gasteiger charge is 2.15. The van der Waals surface area contributed by atoms with Crippen LogP contribution in [0.15, 0.2) is 32.8 Å². The van der Waals surface area contributed by atoms with E-state index in [1.54, 1.807) is 41.6 Å². The monoisotopic (exact) mass is 314 g/mol. The van der Waals surface area contributed by atoms with Crippen molar-refractivity contribution in [3.63, 3.8) is 0 Å². The van der Waals surface area contributed by atoms with Crippen molar-refractivity contribution in [1.82, 2.24) is 9.88 Å². The summed E-state index contributed by atoms with van der Waals surface area (Å²) in [6.45, 7) is 0.630. The van der Waals surface area contributed by atoms with Crippen LogP contribution in [0.5, 0.6) is 0 Å². The summed E-state index contributed by atoms with van der Waals surface area (Å²) in [6, 6.07) is 3.37. The summed E-state index contributed by atoms with van der Waals surface area (Å²) < 4.78 is 5.78. The van der Waals surface area contributed by atoms with Gasteiger partial charge in [-0.25, -0.2) is 4.98 Å². The van der Waals surface area contributed by atoms with E-state index < -0.39 is 0 Å². The van der Waals surface area contributed by atoms with Crippen molar-refractivity contribution < 1.29 is 9.21 Å². The number of hydrogen-bond acceptors (Lipinski definition) is 4. The molecule has 0 fully saturated rings. The summed E-state index contributed by atoms with van der Waals surface area (Å²) in [5.41, 5.74) is 0. The minimum atomic E-state index is -0.118. The maximum atomic E-state index is 11.9. The number of aromatic nitrogens is 1. The maximum Gasteiger partial charge on any atom is 0.289 e. The fourth-order valence-electron chi connectivity index (χ4n) is 1.36. The van der Waals surface area contributed by atoms with Crippen LogP contribution in [0, 0.1) is 0 Å². The van der Waals surface area contributed by atoms with E-state index in [2.05, 4.69) is 20.9 Å². The van der Waals surface area contributed by atoms with Crippen LogP contribution in [0.2, 0.25) is 0 Å². The normalized spacial score (nSPS) is 10.5. The van der Waals surface area contributed by atoms with Gasteiger partial charge in [0.15, 0.2) is 10.4 Å². The number of rotatable bonds is 4. The zero-order valence-electron chi connectivity index (χ0n) is 9.22. The number of thiazole rings is 1. The summed E-state index contributed by atoms with van der Waals surface area (Å²) in [5, 5.41) is 2.96. The number of halogens is 1. The minimum absolute atomic E-state index is 0.118. The third-order valence-corrected chi connectivity index (χ3v) is 3.54. The third kappa shape index (κ3) is 3.17. The predicted molar refractivity (Wildman–Crippen MR) is 69.2 cm³/mol. The van der Waals surface area contributed by atoms with Crippen LogP contribution in [0.1, 0.15) is 15.6 Å². The van der Waals surface area contributed by atoms with Gasteiger partial charge in [-0.15, -0.1) is 11.3 Å². The molecule has 0 bridgehead atoms. The molecule has 0 atom stereocenters. The van der Waals surface area contributed by atoms with Crippen LogP contribution in [0.4, 0.5) is 0 Å². The number of carbonyl (C=O) groups is 1. The molecule has 1 amide bonds. The highest BCUT2D eigenvalue weighted by molar-refractivity contribution is 9.10. The Morgan fingerprint density at radius 3 is 3.00 bits per heavy atom. The Hall–Kier alpha value is -1.14. The van der Waals surface area contributed by atoms with Crippen LogP contribution < -0.4 is 0 Å². The molecule has 0 saturated carbocycles. The average Bonchev–Trinajstić information content (AvgIpc) is 2.95. The molecule has 0 unspecified atom stereocenters. The molecule has 90 valence electrons. The van der Waals surface area contributed by atoms with Crippen LogP contribution in [0.25, 0.3) is 0 Å². The molecule has 0 aliphatic heterocycles. The third-order valence-electron chi connectivity index (χ3n) is 2.28. The standard InChI is InChI=1S/C11H11BrN2O2S/c1-14(6-4-10-13-5-7-17-10)11(15)8-2-3-9(12)16-8/h2-3,5,7H,4,6H2,1H3. The molecule has 0 radical (unpaired) electrons. The first-order chi connectivity index (χ1) is 8.16. The first-order valence-electron chi connectivity index (χ1n) is 5.06. The lowest BCUT2D eigenvalue weighted by Crippen LogP contribution is -2.28. The van der Waals surface area contributed by atoms with Gasteiger partial charge in [-0.1, -0.05) is 0 Å². The van der Waals surface area contributed by atoms with Gasteiger partial charge in [0, 0.05) is 31.6 Å². The topological polar surface area (TPSA) is 46.3 Å². The molecule has 2 rings (SSSR count). The number of carbonyl (C=O) groups excluding carboxylic acids is 1. The minimum Gasteiger partial charge on any atom is -0.444 e. The Bertz CT molecular complexity index is 495. The second-order valence-electron chi connectivity index (χ2n) is 3.51. The Morgan fingerprint density at radius 1 is 1.59 bits per heavy atom. The van der Waals surface area contributed by atoms with E-state index in [4.69, 9.17) is 4.42 Å². The molecule has 2 aromatic heterocycles. The second kappa shape index (κ2) is 5.46. The van der Waals surface area contributed by atoms with Gasteiger partial charge < -0.3 is 9.32 Å². The van der Waals surface area contributed by atoms with Crippen molar-refractivity contribution >= 4 is 33.2 Å². The molecule has 17 heavy (non-hydrogen) atoms. The molecule has 6 heteroatoms. The zero-order chi connectivity index (χ0) is 12.3. The van der Waals surface area contributed by atoms with E-state index in [0.29, 0.717) is 17.0 Å². The average molecular weight is 315 g/mol. The van der Waals surface area contributed by atoms with E-state index in [9.17, 15) is 4.79 Å². The SMILES string of the molecule is CN(CCc1nccs1)C(=O)c1ccc(Br)o1. The molecule has 0 spiro atoms. The van der Waals surface area contributed by atoms with Gasteiger partial charge in [-0.2, -0.15) is 0 Å². The lowest BCUT2D eigenvalue weighted by molar-refractivity contribution is 0.0764. The zero-order valence-corrected chi connectivity index (χ0v) is 11.6. The van der Waals surface area contributed by atoms with Crippen molar-refractivity contribution in [2.75, 3.05) is 13.6 Å². The maximum absolute atomic E-state index is 11.9. The first kappa shape index (κ1) is 12.3. The highest BCUT2D eigenvalue weighted by Crippen LogP contribution is 2.15. The largest absolute Gasteiger partial charge is 0.444 e. The summed E-state index contributed by atoms with van der Waals surface area (Å²) in [6.07, 6.45) is 2.53. The Kier molecular flexibility index (Phi) is 3.96. The van der Waals surface area contributed by atoms with Gasteiger partial charge in [0.05, 0.1) is 5.01 Å². The molecule has 0 saturated heterocycles. The lowest BCUT2D eigenvalue weighted by Gasteiger charge is -2.14. The van der Waals surface area contributed by atoms with Crippen LogP contribution in [-0.2, 0) is 6.42 Å². The second-order valence-corrected chi connectivity index (χ2v) is 5.27. The van der Waals surface area contributed by atoms with Gasteiger partial charge in [-0.3, -0.25) is 4.79 Å². The smallest absolute Gasteiger partial charge is 0.289 e. The van der Waals surface area contributed by atoms with Crippen molar-refractivity contribution in [2.24, 2.45) is 0 Å². The molecule has 0 aliphatic carbocycles. The quantitative estimate of drug-likeness (QED) is 0.871. The van der Waals surface area contributed by atoms with Gasteiger partial charge in [0.1, 0.15) is 0 Å². The molecule has 0 aromatic carbocycles. The number of nitrogens with zero attached hydrogens (tertiary/aromatic N) is 2. The van der Waals surface area contributed by atoms with E-state index in [1.165, 1.54) is 0 Å². The molecule has 0 N–H and O–H groups in total. The van der Waals surface area contributed by atoms with Crippen molar-refractivity contribution in [1.29, 1.82) is 0 Å². The van der Waals surface area contributed by atoms with Crippen molar-refractivity contribution in [3.05, 3.63) is 39.1 Å². The highest BCUT2D eigenvalue weighted by atomic mass is 79.9. The van der Waals surface area contributed by atoms with Crippen molar-refractivity contribution in [2.45, 2.75) is 6.42 Å². The molecular weight excluding hydrogens is 304 g/mol. The fourth-order valence-corrected chi connectivity index (χ4v) is 2.27. The molecule has 2 heterocycles. The van der Waals surface area contributed by atoms with Crippen LogP contribution in [0.3, 0.4) is 0 Å². The Balaban J connectivity index is 1.91. The van der Waals surface area contributed by atoms with Crippen molar-refractivity contribution in [3.8, 4) is 0 Å². The number of hydrogen-bond donors (Lipinski definition) is 0. The molecule has 0 aliphatic rings. The first-order valence-corrected chi connectivity index (χ1v) is 6.73. The van der Waals surface area contributed by atoms with Gasteiger partial charge in [-0.05, 0) is 28.1 Å². The number of amides is 1. The van der Waals surface area contributed by atoms with E-state index in [0.717, 1.165) is 11.4 Å². The summed E-state index contributed by atoms with van der Waals surface area (Å²) in [7, 11) is 1.76. The van der Waals surface area contributed by atoms with E-state index in [-0.39, 0.29) is 5.91 Å². The Labute approximate surface area is 111 Å². The van der Waals surface area contributed by atoms with Crippen LogP contribution >= 0.6 is 27.3 Å². The number of likely N-dealkylation sites (N-methyl/N-ethyl adjacent to an activating group) is 1. The summed E-state index contributed by atoms with van der Waals surface area (Å²) in [4.78, 5) is 17.7. The van der Waals surface area contributed by atoms with Gasteiger partial charge in [0.25, 0.3) is 5.91 Å². The molecule has 2 aromatic rings. The lowest BCUT2D eigenvalue weighted by atomic mass is 10.3. The van der Waals surface area contributed by atoms with Gasteiger partial charge in [0.2, 0.25) is 0 Å². The van der Waals surface area contributed by atoms with E-state index in [1.807, 2.05) is 5.38 Å². The summed E-state index contributed by atoms with van der Waals surface area (Å²) in [5.74, 6) is 0.228. The number of furan rings is 1. The van der Waals surface area contributed by atoms with E-state index >= 15 is 0 Å². The van der Waals surface area contributed by atoms with Gasteiger partial charge >= 0.3 is 0 Å². The molecule has 4 nitrogen and oxygen atoms in total. The Morgan fingerprint density at radius 2 is 2.41 bits per heavy atom. The van der Waals surface area contributed by atoms with Crippen LogP contribution in [-0.4, -0.2) is 29.4 Å². The molecular formula is C11H11BrN2O2S. The predicted octanol–water partition coefficient (Wildman–Crippen LogP) is 2.81.